The zero-order chi connectivity index (χ0) is 24.2. The predicted molar refractivity (Wildman–Crippen MR) is 140 cm³/mol. The fraction of sp³-hybridized carbons (Fsp3) is 0.241. The summed E-state index contributed by atoms with van der Waals surface area (Å²) in [5.41, 5.74) is 4.43. The van der Waals surface area contributed by atoms with Crippen molar-refractivity contribution in [1.82, 2.24) is 19.6 Å². The van der Waals surface area contributed by atoms with Crippen molar-refractivity contribution < 1.29 is 4.74 Å². The molecule has 1 aromatic heterocycles. The Labute approximate surface area is 206 Å². The van der Waals surface area contributed by atoms with Gasteiger partial charge in [0.05, 0.1) is 0 Å². The zero-order valence-electron chi connectivity index (χ0n) is 20.2. The molecule has 0 amide bonds. The lowest BCUT2D eigenvalue weighted by atomic mass is 9.98. The van der Waals surface area contributed by atoms with E-state index in [4.69, 9.17) is 4.74 Å². The number of piperazine rings is 1. The second-order valence-electron chi connectivity index (χ2n) is 9.06. The van der Waals surface area contributed by atoms with Crippen molar-refractivity contribution in [3.05, 3.63) is 101 Å². The summed E-state index contributed by atoms with van der Waals surface area (Å²) in [7, 11) is 3.85. The molecule has 1 aliphatic heterocycles. The molecule has 0 aliphatic carbocycles. The average Bonchev–Trinajstić information content (AvgIpc) is 2.88. The number of aryl methyl sites for hydroxylation is 1. The minimum Gasteiger partial charge on any atom is -0.457 e. The van der Waals surface area contributed by atoms with Crippen LogP contribution >= 0.6 is 0 Å². The Morgan fingerprint density at radius 1 is 0.800 bits per heavy atom. The van der Waals surface area contributed by atoms with Crippen molar-refractivity contribution in [2.24, 2.45) is 7.05 Å². The molecule has 6 nitrogen and oxygen atoms in total. The van der Waals surface area contributed by atoms with Gasteiger partial charge >= 0.3 is 0 Å². The third-order valence-electron chi connectivity index (χ3n) is 6.47. The molecule has 0 saturated carbocycles. The van der Waals surface area contributed by atoms with Crippen molar-refractivity contribution >= 4 is 0 Å². The molecule has 0 radical (unpaired) electrons. The highest BCUT2D eigenvalue weighted by atomic mass is 16.5. The third-order valence-corrected chi connectivity index (χ3v) is 6.47. The number of nitrogens with zero attached hydrogens (tertiary/aromatic N) is 4. The minimum atomic E-state index is -0.147. The van der Waals surface area contributed by atoms with Crippen LogP contribution in [0.4, 0.5) is 0 Å². The Balaban J connectivity index is 1.48. The largest absolute Gasteiger partial charge is 0.457 e. The van der Waals surface area contributed by atoms with Crippen molar-refractivity contribution in [3.8, 4) is 33.9 Å². The number of likely N-dealkylation sites (N-methyl/N-ethyl adjacent to an activating group) is 1. The number of hydrogen-bond acceptors (Lipinski definition) is 5. The zero-order valence-corrected chi connectivity index (χ0v) is 20.2. The predicted octanol–water partition coefficient (Wildman–Crippen LogP) is 4.65. The van der Waals surface area contributed by atoms with Gasteiger partial charge in [0.1, 0.15) is 17.2 Å². The molecule has 178 valence electrons. The Bertz CT molecular complexity index is 1340. The molecule has 0 bridgehead atoms. The highest BCUT2D eigenvalue weighted by molar-refractivity contribution is 5.83. The van der Waals surface area contributed by atoms with Gasteiger partial charge in [-0.05, 0) is 42.4 Å². The molecule has 1 saturated heterocycles. The summed E-state index contributed by atoms with van der Waals surface area (Å²) in [5, 5.41) is 4.66. The minimum absolute atomic E-state index is 0.147. The van der Waals surface area contributed by atoms with Gasteiger partial charge in [-0.3, -0.25) is 9.69 Å². The van der Waals surface area contributed by atoms with Crippen LogP contribution in [0.25, 0.3) is 22.4 Å². The van der Waals surface area contributed by atoms with E-state index in [0.717, 1.165) is 55.2 Å². The first-order valence-corrected chi connectivity index (χ1v) is 12.0. The summed E-state index contributed by atoms with van der Waals surface area (Å²) in [6, 6.07) is 27.6. The SMILES string of the molecule is CN1CCN(Cc2ccc(-c3cc(=O)n(C)nc3-c3ccccc3Oc3ccccc3)cc2)CC1. The van der Waals surface area contributed by atoms with Crippen molar-refractivity contribution in [2.75, 3.05) is 33.2 Å². The van der Waals surface area contributed by atoms with Crippen LogP contribution in [0.1, 0.15) is 5.56 Å². The van der Waals surface area contributed by atoms with Gasteiger partial charge in [0.2, 0.25) is 0 Å². The first-order valence-electron chi connectivity index (χ1n) is 12.0. The van der Waals surface area contributed by atoms with E-state index in [1.165, 1.54) is 10.2 Å². The average molecular weight is 467 g/mol. The molecular formula is C29H30N4O2. The number of benzene rings is 3. The van der Waals surface area contributed by atoms with Crippen LogP contribution in [0.5, 0.6) is 11.5 Å². The standard InChI is InChI=1S/C29H30N4O2/c1-31-16-18-33(19-17-31)21-22-12-14-23(15-13-22)26-20-28(34)32(2)30-29(26)25-10-6-7-11-27(25)35-24-8-4-3-5-9-24/h3-15,20H,16-19,21H2,1-2H3. The molecule has 0 N–H and O–H groups in total. The Kier molecular flexibility index (Phi) is 6.75. The van der Waals surface area contributed by atoms with Gasteiger partial charge in [0.15, 0.2) is 0 Å². The Morgan fingerprint density at radius 3 is 2.23 bits per heavy atom. The van der Waals surface area contributed by atoms with Crippen LogP contribution in [-0.2, 0) is 13.6 Å². The fourth-order valence-electron chi connectivity index (χ4n) is 4.38. The first kappa shape index (κ1) is 23.0. The maximum atomic E-state index is 12.6. The third kappa shape index (κ3) is 5.34. The molecule has 4 aromatic rings. The lowest BCUT2D eigenvalue weighted by Crippen LogP contribution is -2.43. The quantitative estimate of drug-likeness (QED) is 0.414. The smallest absolute Gasteiger partial charge is 0.267 e. The Hall–Kier alpha value is -3.74. The number of para-hydroxylation sites is 2. The van der Waals surface area contributed by atoms with Crippen LogP contribution in [0.2, 0.25) is 0 Å². The van der Waals surface area contributed by atoms with Crippen LogP contribution in [-0.4, -0.2) is 52.8 Å². The molecule has 5 rings (SSSR count). The summed E-state index contributed by atoms with van der Waals surface area (Å²) >= 11 is 0. The van der Waals surface area contributed by atoms with Gasteiger partial charge in [0.25, 0.3) is 5.56 Å². The highest BCUT2D eigenvalue weighted by Gasteiger charge is 2.17. The van der Waals surface area contributed by atoms with E-state index >= 15 is 0 Å². The summed E-state index contributed by atoms with van der Waals surface area (Å²) in [6.45, 7) is 5.30. The van der Waals surface area contributed by atoms with E-state index < -0.39 is 0 Å². The molecular weight excluding hydrogens is 436 g/mol. The second kappa shape index (κ2) is 10.3. The summed E-state index contributed by atoms with van der Waals surface area (Å²) in [5.74, 6) is 1.44. The lowest BCUT2D eigenvalue weighted by Gasteiger charge is -2.32. The number of rotatable bonds is 6. The van der Waals surface area contributed by atoms with Gasteiger partial charge in [-0.15, -0.1) is 0 Å². The van der Waals surface area contributed by atoms with Crippen LogP contribution in [0.3, 0.4) is 0 Å². The van der Waals surface area contributed by atoms with Crippen LogP contribution < -0.4 is 10.3 Å². The molecule has 0 atom stereocenters. The van der Waals surface area contributed by atoms with E-state index in [2.05, 4.69) is 46.2 Å². The van der Waals surface area contributed by atoms with E-state index in [1.807, 2.05) is 54.6 Å². The molecule has 35 heavy (non-hydrogen) atoms. The molecule has 0 unspecified atom stereocenters. The van der Waals surface area contributed by atoms with Crippen LogP contribution in [0, 0.1) is 0 Å². The number of ether oxygens (including phenoxy) is 1. The van der Waals surface area contributed by atoms with E-state index in [0.29, 0.717) is 11.4 Å². The highest BCUT2D eigenvalue weighted by Crippen LogP contribution is 2.37. The molecule has 6 heteroatoms. The van der Waals surface area contributed by atoms with E-state index in [1.54, 1.807) is 13.1 Å². The fourth-order valence-corrected chi connectivity index (χ4v) is 4.38. The normalized spacial score (nSPS) is 14.7. The summed E-state index contributed by atoms with van der Waals surface area (Å²) in [4.78, 5) is 17.4. The van der Waals surface area contributed by atoms with Crippen LogP contribution in [0.15, 0.2) is 89.7 Å². The maximum Gasteiger partial charge on any atom is 0.267 e. The lowest BCUT2D eigenvalue weighted by molar-refractivity contribution is 0.148. The monoisotopic (exact) mass is 466 g/mol. The van der Waals surface area contributed by atoms with E-state index in [-0.39, 0.29) is 5.56 Å². The molecule has 3 aromatic carbocycles. The summed E-state index contributed by atoms with van der Waals surface area (Å²) in [6.07, 6.45) is 0. The van der Waals surface area contributed by atoms with Gasteiger partial charge < -0.3 is 9.64 Å². The molecule has 2 heterocycles. The van der Waals surface area contributed by atoms with Crippen molar-refractivity contribution in [3.63, 3.8) is 0 Å². The summed E-state index contributed by atoms with van der Waals surface area (Å²) < 4.78 is 7.57. The molecule has 0 spiro atoms. The molecule has 1 fully saturated rings. The van der Waals surface area contributed by atoms with Crippen molar-refractivity contribution in [1.29, 1.82) is 0 Å². The number of hydrogen-bond donors (Lipinski definition) is 0. The van der Waals surface area contributed by atoms with Gasteiger partial charge in [0, 0.05) is 57.0 Å². The van der Waals surface area contributed by atoms with Gasteiger partial charge in [-0.1, -0.05) is 54.6 Å². The molecule has 1 aliphatic rings. The van der Waals surface area contributed by atoms with Gasteiger partial charge in [-0.25, -0.2) is 4.68 Å². The number of aromatic nitrogens is 2. The second-order valence-corrected chi connectivity index (χ2v) is 9.06. The van der Waals surface area contributed by atoms with E-state index in [9.17, 15) is 4.79 Å². The Morgan fingerprint density at radius 2 is 1.49 bits per heavy atom. The van der Waals surface area contributed by atoms with Gasteiger partial charge in [-0.2, -0.15) is 5.10 Å². The topological polar surface area (TPSA) is 50.6 Å². The van der Waals surface area contributed by atoms with Crippen molar-refractivity contribution in [2.45, 2.75) is 6.54 Å². The first-order chi connectivity index (χ1) is 17.1. The maximum absolute atomic E-state index is 12.6.